The summed E-state index contributed by atoms with van der Waals surface area (Å²) < 4.78 is 33.3. The molecule has 0 radical (unpaired) electrons. The van der Waals surface area contributed by atoms with E-state index in [9.17, 15) is 19.4 Å². The lowest BCUT2D eigenvalue weighted by Crippen LogP contribution is -2.29. The van der Waals surface area contributed by atoms with Crippen molar-refractivity contribution in [2.45, 2.75) is 199 Å². The minimum absolute atomic E-state index is 0.0421. The molecule has 0 aromatic heterocycles. The third kappa shape index (κ3) is 40.2. The maximum absolute atomic E-state index is 12.6. The van der Waals surface area contributed by atoms with Gasteiger partial charge in [0.15, 0.2) is 0 Å². The van der Waals surface area contributed by atoms with E-state index in [0.29, 0.717) is 13.0 Å². The monoisotopic (exact) mass is 773 g/mol. The molecule has 0 aliphatic heterocycles. The highest BCUT2D eigenvalue weighted by Crippen LogP contribution is 2.43. The average Bonchev–Trinajstić information content (AvgIpc) is 3.15. The molecular weight excluding hydrogens is 691 g/mol. The Bertz CT molecular complexity index is 923. The number of esters is 1. The van der Waals surface area contributed by atoms with Crippen LogP contribution in [0.4, 0.5) is 0 Å². The molecule has 3 atom stereocenters. The van der Waals surface area contributed by atoms with Crippen LogP contribution in [0.5, 0.6) is 0 Å². The molecule has 0 aromatic carbocycles. The van der Waals surface area contributed by atoms with Gasteiger partial charge in [0.2, 0.25) is 0 Å². The maximum atomic E-state index is 12.6. The molecule has 0 bridgehead atoms. The first-order chi connectivity index (χ1) is 25.8. The lowest BCUT2D eigenvalue weighted by Gasteiger charge is -2.20. The summed E-state index contributed by atoms with van der Waals surface area (Å²) in [7, 11) is -4.52. The Morgan fingerprint density at radius 1 is 0.585 bits per heavy atom. The van der Waals surface area contributed by atoms with E-state index in [0.717, 1.165) is 64.2 Å². The minimum Gasteiger partial charge on any atom is -0.457 e. The molecule has 0 fully saturated rings. The van der Waals surface area contributed by atoms with Crippen LogP contribution in [-0.4, -0.2) is 66.3 Å². The van der Waals surface area contributed by atoms with E-state index in [1.807, 2.05) is 0 Å². The molecule has 10 heteroatoms. The number of phosphoric acid groups is 1. The number of aliphatic hydroxyl groups excluding tert-OH is 2. The highest BCUT2D eigenvalue weighted by atomic mass is 31.2. The Balaban J connectivity index is 4.18. The predicted octanol–water partition coefficient (Wildman–Crippen LogP) is 11.6. The Kier molecular flexibility index (Phi) is 39.3. The van der Waals surface area contributed by atoms with Gasteiger partial charge >= 0.3 is 13.8 Å². The van der Waals surface area contributed by atoms with Crippen molar-refractivity contribution in [3.63, 3.8) is 0 Å². The van der Waals surface area contributed by atoms with E-state index in [-0.39, 0.29) is 19.6 Å². The van der Waals surface area contributed by atoms with E-state index in [4.69, 9.17) is 23.6 Å². The van der Waals surface area contributed by atoms with Crippen molar-refractivity contribution in [3.8, 4) is 0 Å². The van der Waals surface area contributed by atoms with Crippen LogP contribution in [0.3, 0.4) is 0 Å². The summed E-state index contributed by atoms with van der Waals surface area (Å²) in [5, 5.41) is 18.3. The van der Waals surface area contributed by atoms with Crippen molar-refractivity contribution < 1.29 is 43.0 Å². The number of ether oxygens (including phenoxy) is 2. The van der Waals surface area contributed by atoms with Crippen LogP contribution in [0, 0.1) is 0 Å². The third-order valence-corrected chi connectivity index (χ3v) is 10.00. The number of phosphoric ester groups is 1. The van der Waals surface area contributed by atoms with E-state index < -0.39 is 39.2 Å². The van der Waals surface area contributed by atoms with Gasteiger partial charge in [-0.1, -0.05) is 153 Å². The zero-order valence-corrected chi connectivity index (χ0v) is 34.9. The number of allylic oxidation sites excluding steroid dienone is 6. The van der Waals surface area contributed by atoms with Gasteiger partial charge in [-0.2, -0.15) is 0 Å². The predicted molar refractivity (Wildman–Crippen MR) is 219 cm³/mol. The van der Waals surface area contributed by atoms with Gasteiger partial charge in [0.25, 0.3) is 0 Å². The maximum Gasteiger partial charge on any atom is 0.472 e. The van der Waals surface area contributed by atoms with Crippen LogP contribution < -0.4 is 0 Å². The summed E-state index contributed by atoms with van der Waals surface area (Å²) in [5.74, 6) is -0.397. The van der Waals surface area contributed by atoms with Gasteiger partial charge < -0.3 is 24.6 Å². The SMILES string of the molecule is CCCC/C=C\C/C=C\CCCCCCCC(=O)OC(COCCCCCCCCCC/C=C\CCCCCCCC)COP(=O)(O)OCC(O)CO. The summed E-state index contributed by atoms with van der Waals surface area (Å²) >= 11 is 0. The van der Waals surface area contributed by atoms with Crippen molar-refractivity contribution in [3.05, 3.63) is 36.5 Å². The van der Waals surface area contributed by atoms with Crippen molar-refractivity contribution in [2.24, 2.45) is 0 Å². The molecule has 53 heavy (non-hydrogen) atoms. The van der Waals surface area contributed by atoms with E-state index in [2.05, 4.69) is 50.3 Å². The van der Waals surface area contributed by atoms with Crippen LogP contribution in [0.15, 0.2) is 36.5 Å². The fraction of sp³-hybridized carbons (Fsp3) is 0.837. The van der Waals surface area contributed by atoms with Gasteiger partial charge in [0, 0.05) is 13.0 Å². The molecule has 0 aliphatic rings. The number of hydrogen-bond acceptors (Lipinski definition) is 8. The number of aliphatic hydroxyl groups is 2. The molecule has 0 saturated carbocycles. The number of hydrogen-bond donors (Lipinski definition) is 3. The van der Waals surface area contributed by atoms with Crippen LogP contribution >= 0.6 is 7.82 Å². The van der Waals surface area contributed by atoms with Crippen molar-refractivity contribution in [2.75, 3.05) is 33.0 Å². The quantitative estimate of drug-likeness (QED) is 0.0240. The molecule has 0 spiro atoms. The summed E-state index contributed by atoms with van der Waals surface area (Å²) in [6.45, 7) is 3.45. The molecule has 0 heterocycles. The molecule has 0 rings (SSSR count). The first-order valence-electron chi connectivity index (χ1n) is 21.5. The Morgan fingerprint density at radius 2 is 1.04 bits per heavy atom. The Hall–Kier alpha value is -1.32. The number of carbonyl (C=O) groups excluding carboxylic acids is 1. The third-order valence-electron chi connectivity index (χ3n) is 9.05. The lowest BCUT2D eigenvalue weighted by molar-refractivity contribution is -0.154. The van der Waals surface area contributed by atoms with Crippen LogP contribution in [0.25, 0.3) is 0 Å². The molecule has 0 saturated heterocycles. The fourth-order valence-electron chi connectivity index (χ4n) is 5.72. The minimum atomic E-state index is -4.52. The molecule has 3 N–H and O–H groups in total. The zero-order chi connectivity index (χ0) is 38.9. The van der Waals surface area contributed by atoms with Gasteiger partial charge in [-0.3, -0.25) is 13.8 Å². The number of rotatable bonds is 41. The van der Waals surface area contributed by atoms with Crippen LogP contribution in [-0.2, 0) is 27.9 Å². The van der Waals surface area contributed by atoms with Crippen molar-refractivity contribution in [1.82, 2.24) is 0 Å². The molecule has 0 aromatic rings. The number of carbonyl (C=O) groups is 1. The Labute approximate surface area is 325 Å². The van der Waals surface area contributed by atoms with Crippen LogP contribution in [0.2, 0.25) is 0 Å². The summed E-state index contributed by atoms with van der Waals surface area (Å²) in [6.07, 6.45) is 42.4. The largest absolute Gasteiger partial charge is 0.472 e. The van der Waals surface area contributed by atoms with E-state index in [1.165, 1.54) is 96.3 Å². The van der Waals surface area contributed by atoms with Crippen LogP contribution in [0.1, 0.15) is 187 Å². The standard InChI is InChI=1S/C43H81O9P/c1-3-5-7-9-11-13-15-17-19-20-21-22-24-26-28-30-32-34-36-49-39-42(40-51-53(47,48)50-38-41(45)37-44)52-43(46)35-33-31-29-27-25-23-18-16-14-12-10-8-6-4-2/h10,12,16-19,41-42,44-45H,3-9,11,13-15,20-40H2,1-2H3,(H,47,48)/b12-10-,18-16-,19-17-. The first-order valence-corrected chi connectivity index (χ1v) is 23.0. The molecule has 3 unspecified atom stereocenters. The second kappa shape index (κ2) is 40.3. The molecule has 9 nitrogen and oxygen atoms in total. The van der Waals surface area contributed by atoms with Crippen molar-refractivity contribution >= 4 is 13.8 Å². The van der Waals surface area contributed by atoms with Gasteiger partial charge in [-0.25, -0.2) is 4.57 Å². The Morgan fingerprint density at radius 3 is 1.58 bits per heavy atom. The number of unbranched alkanes of at least 4 members (excludes halogenated alkanes) is 21. The fourth-order valence-corrected chi connectivity index (χ4v) is 6.51. The zero-order valence-electron chi connectivity index (χ0n) is 34.0. The average molecular weight is 773 g/mol. The van der Waals surface area contributed by atoms with E-state index in [1.54, 1.807) is 0 Å². The lowest BCUT2D eigenvalue weighted by atomic mass is 10.1. The van der Waals surface area contributed by atoms with Gasteiger partial charge in [-0.05, 0) is 64.2 Å². The van der Waals surface area contributed by atoms with E-state index >= 15 is 0 Å². The van der Waals surface area contributed by atoms with Gasteiger partial charge in [0.05, 0.1) is 26.4 Å². The molecule has 312 valence electrons. The second-order valence-electron chi connectivity index (χ2n) is 14.4. The van der Waals surface area contributed by atoms with Gasteiger partial charge in [0.1, 0.15) is 12.2 Å². The highest BCUT2D eigenvalue weighted by molar-refractivity contribution is 7.47. The van der Waals surface area contributed by atoms with Gasteiger partial charge in [-0.15, -0.1) is 0 Å². The second-order valence-corrected chi connectivity index (χ2v) is 15.8. The summed E-state index contributed by atoms with van der Waals surface area (Å²) in [5.41, 5.74) is 0. The smallest absolute Gasteiger partial charge is 0.457 e. The summed E-state index contributed by atoms with van der Waals surface area (Å²) in [4.78, 5) is 22.5. The molecular formula is C43H81O9P. The van der Waals surface area contributed by atoms with Crippen molar-refractivity contribution in [1.29, 1.82) is 0 Å². The topological polar surface area (TPSA) is 132 Å². The summed E-state index contributed by atoms with van der Waals surface area (Å²) in [6, 6.07) is 0. The molecule has 0 aliphatic carbocycles. The highest BCUT2D eigenvalue weighted by Gasteiger charge is 2.26. The normalized spacial score (nSPS) is 14.4. The first kappa shape index (κ1) is 51.7. The molecule has 0 amide bonds.